The van der Waals surface area contributed by atoms with Crippen molar-refractivity contribution >= 4 is 17.4 Å². The van der Waals surface area contributed by atoms with E-state index < -0.39 is 0 Å². The largest absolute Gasteiger partial charge is 0.381 e. The smallest absolute Gasteiger partial charge is 0.158 e. The van der Waals surface area contributed by atoms with Crippen molar-refractivity contribution in [2.45, 2.75) is 45.9 Å². The van der Waals surface area contributed by atoms with Crippen LogP contribution in [0.3, 0.4) is 0 Å². The van der Waals surface area contributed by atoms with E-state index in [0.29, 0.717) is 30.2 Å². The van der Waals surface area contributed by atoms with Gasteiger partial charge in [0.1, 0.15) is 17.6 Å². The number of rotatable bonds is 6. The molecule has 1 N–H and O–H groups in total. The standard InChI is InChI=1S/C14H22ClN3O2/c1-5-20-8-13-17-11(15)7-12(18-13)16-9-6-10(19-4)14(9,2)3/h7,9-10H,5-6,8H2,1-4H3,(H,16,17,18). The molecule has 0 aromatic carbocycles. The summed E-state index contributed by atoms with van der Waals surface area (Å²) < 4.78 is 10.8. The number of nitrogens with zero attached hydrogens (tertiary/aromatic N) is 2. The van der Waals surface area contributed by atoms with Crippen LogP contribution in [0.1, 0.15) is 33.0 Å². The number of ether oxygens (including phenoxy) is 2. The SMILES string of the molecule is CCOCc1nc(Cl)cc(NC2CC(OC)C2(C)C)n1. The van der Waals surface area contributed by atoms with Crippen LogP contribution in [0.15, 0.2) is 6.07 Å². The number of anilines is 1. The molecule has 2 atom stereocenters. The first-order valence-corrected chi connectivity index (χ1v) is 7.25. The zero-order valence-electron chi connectivity index (χ0n) is 12.4. The van der Waals surface area contributed by atoms with Crippen LogP contribution in [0.5, 0.6) is 0 Å². The average molecular weight is 300 g/mol. The molecule has 1 aliphatic carbocycles. The average Bonchev–Trinajstić information content (AvgIpc) is 2.40. The second-order valence-electron chi connectivity index (χ2n) is 5.61. The summed E-state index contributed by atoms with van der Waals surface area (Å²) >= 11 is 6.03. The maximum absolute atomic E-state index is 6.03. The van der Waals surface area contributed by atoms with Gasteiger partial charge in [-0.2, -0.15) is 0 Å². The highest BCUT2D eigenvalue weighted by atomic mass is 35.5. The molecule has 1 aliphatic rings. The van der Waals surface area contributed by atoms with E-state index in [2.05, 4.69) is 29.1 Å². The van der Waals surface area contributed by atoms with Crippen molar-refractivity contribution in [3.05, 3.63) is 17.0 Å². The molecule has 0 saturated heterocycles. The molecule has 2 unspecified atom stereocenters. The molecule has 1 saturated carbocycles. The summed E-state index contributed by atoms with van der Waals surface area (Å²) in [6, 6.07) is 2.06. The molecule has 1 fully saturated rings. The molecule has 0 aliphatic heterocycles. The Morgan fingerprint density at radius 2 is 2.20 bits per heavy atom. The first-order chi connectivity index (χ1) is 9.47. The van der Waals surface area contributed by atoms with Crippen molar-refractivity contribution in [3.8, 4) is 0 Å². The molecule has 2 rings (SSSR count). The lowest BCUT2D eigenvalue weighted by molar-refractivity contribution is -0.0795. The number of aromatic nitrogens is 2. The third kappa shape index (κ3) is 3.22. The highest BCUT2D eigenvalue weighted by molar-refractivity contribution is 6.29. The molecule has 5 nitrogen and oxygen atoms in total. The number of halogens is 1. The Bertz CT molecular complexity index is 468. The third-order valence-electron chi connectivity index (χ3n) is 3.96. The van der Waals surface area contributed by atoms with Crippen LogP contribution in [0.4, 0.5) is 5.82 Å². The Balaban J connectivity index is 2.05. The maximum atomic E-state index is 6.03. The van der Waals surface area contributed by atoms with E-state index in [4.69, 9.17) is 21.1 Å². The molecule has 1 aromatic rings. The van der Waals surface area contributed by atoms with Crippen molar-refractivity contribution in [1.29, 1.82) is 0 Å². The first kappa shape index (κ1) is 15.5. The molecule has 1 aromatic heterocycles. The molecule has 6 heteroatoms. The molecule has 20 heavy (non-hydrogen) atoms. The molecular weight excluding hydrogens is 278 g/mol. The van der Waals surface area contributed by atoms with Gasteiger partial charge >= 0.3 is 0 Å². The van der Waals surface area contributed by atoms with Gasteiger partial charge in [0.05, 0.1) is 6.10 Å². The zero-order valence-corrected chi connectivity index (χ0v) is 13.2. The lowest BCUT2D eigenvalue weighted by Crippen LogP contribution is -2.57. The molecule has 0 bridgehead atoms. The molecule has 0 amide bonds. The lowest BCUT2D eigenvalue weighted by atomic mass is 9.64. The fraction of sp³-hybridized carbons (Fsp3) is 0.714. The summed E-state index contributed by atoms with van der Waals surface area (Å²) in [5.74, 6) is 1.34. The van der Waals surface area contributed by atoms with Crippen LogP contribution in [0.2, 0.25) is 5.15 Å². The van der Waals surface area contributed by atoms with Gasteiger partial charge in [-0.3, -0.25) is 0 Å². The third-order valence-corrected chi connectivity index (χ3v) is 4.15. The summed E-state index contributed by atoms with van der Waals surface area (Å²) in [6.07, 6.45) is 1.24. The van der Waals surface area contributed by atoms with E-state index in [1.165, 1.54) is 0 Å². The number of hydrogen-bond donors (Lipinski definition) is 1. The Morgan fingerprint density at radius 3 is 2.80 bits per heavy atom. The van der Waals surface area contributed by atoms with E-state index in [1.807, 2.05) is 6.92 Å². The van der Waals surface area contributed by atoms with Gasteiger partial charge in [-0.05, 0) is 13.3 Å². The van der Waals surface area contributed by atoms with Crippen molar-refractivity contribution in [2.75, 3.05) is 19.0 Å². The molecule has 112 valence electrons. The first-order valence-electron chi connectivity index (χ1n) is 6.88. The van der Waals surface area contributed by atoms with Gasteiger partial charge in [0.25, 0.3) is 0 Å². The van der Waals surface area contributed by atoms with E-state index >= 15 is 0 Å². The Labute approximate surface area is 125 Å². The van der Waals surface area contributed by atoms with E-state index in [9.17, 15) is 0 Å². The van der Waals surface area contributed by atoms with Crippen LogP contribution in [0.25, 0.3) is 0 Å². The van der Waals surface area contributed by atoms with Crippen molar-refractivity contribution in [3.63, 3.8) is 0 Å². The normalized spacial score (nSPS) is 24.2. The summed E-state index contributed by atoms with van der Waals surface area (Å²) in [5, 5.41) is 3.85. The van der Waals surface area contributed by atoms with E-state index in [1.54, 1.807) is 13.2 Å². The van der Waals surface area contributed by atoms with Gasteiger partial charge in [-0.25, -0.2) is 9.97 Å². The fourth-order valence-electron chi connectivity index (χ4n) is 2.51. The fourth-order valence-corrected chi connectivity index (χ4v) is 2.71. The van der Waals surface area contributed by atoms with Crippen LogP contribution in [-0.4, -0.2) is 35.8 Å². The second kappa shape index (κ2) is 6.24. The molecule has 1 heterocycles. The summed E-state index contributed by atoms with van der Waals surface area (Å²) in [7, 11) is 1.75. The quantitative estimate of drug-likeness (QED) is 0.819. The van der Waals surface area contributed by atoms with Gasteiger partial charge in [-0.15, -0.1) is 0 Å². The van der Waals surface area contributed by atoms with Crippen LogP contribution in [0, 0.1) is 5.41 Å². The van der Waals surface area contributed by atoms with Crippen molar-refractivity contribution in [2.24, 2.45) is 5.41 Å². The van der Waals surface area contributed by atoms with E-state index in [-0.39, 0.29) is 11.5 Å². The van der Waals surface area contributed by atoms with Crippen LogP contribution in [-0.2, 0) is 16.1 Å². The minimum atomic E-state index is 0.0757. The van der Waals surface area contributed by atoms with E-state index in [0.717, 1.165) is 12.2 Å². The van der Waals surface area contributed by atoms with Gasteiger partial charge < -0.3 is 14.8 Å². The van der Waals surface area contributed by atoms with Crippen LogP contribution >= 0.6 is 11.6 Å². The van der Waals surface area contributed by atoms with Gasteiger partial charge in [0, 0.05) is 31.2 Å². The number of hydrogen-bond acceptors (Lipinski definition) is 5. The predicted octanol–water partition coefficient (Wildman–Crippen LogP) is 2.89. The van der Waals surface area contributed by atoms with Crippen molar-refractivity contribution in [1.82, 2.24) is 9.97 Å². The van der Waals surface area contributed by atoms with Crippen LogP contribution < -0.4 is 5.32 Å². The second-order valence-corrected chi connectivity index (χ2v) is 5.99. The number of methoxy groups -OCH3 is 1. The lowest BCUT2D eigenvalue weighted by Gasteiger charge is -2.51. The summed E-state index contributed by atoms with van der Waals surface area (Å²) in [5.41, 5.74) is 0.0757. The predicted molar refractivity (Wildman–Crippen MR) is 79.0 cm³/mol. The molecule has 0 spiro atoms. The van der Waals surface area contributed by atoms with Gasteiger partial charge in [0.2, 0.25) is 0 Å². The Morgan fingerprint density at radius 1 is 1.45 bits per heavy atom. The van der Waals surface area contributed by atoms with Crippen molar-refractivity contribution < 1.29 is 9.47 Å². The van der Waals surface area contributed by atoms with Gasteiger partial charge in [-0.1, -0.05) is 25.4 Å². The maximum Gasteiger partial charge on any atom is 0.158 e. The highest BCUT2D eigenvalue weighted by Gasteiger charge is 2.48. The Kier molecular flexibility index (Phi) is 4.83. The zero-order chi connectivity index (χ0) is 14.8. The molecule has 0 radical (unpaired) electrons. The topological polar surface area (TPSA) is 56.3 Å². The number of nitrogens with one attached hydrogen (secondary N) is 1. The minimum absolute atomic E-state index is 0.0757. The van der Waals surface area contributed by atoms with Gasteiger partial charge in [0.15, 0.2) is 5.82 Å². The minimum Gasteiger partial charge on any atom is -0.381 e. The highest BCUT2D eigenvalue weighted by Crippen LogP contribution is 2.43. The summed E-state index contributed by atoms with van der Waals surface area (Å²) in [4.78, 5) is 8.59. The molecular formula is C14H22ClN3O2. The Hall–Kier alpha value is -0.910. The monoisotopic (exact) mass is 299 g/mol. The summed E-state index contributed by atoms with van der Waals surface area (Å²) in [6.45, 7) is 7.31.